The van der Waals surface area contributed by atoms with Crippen LogP contribution in [-0.2, 0) is 22.7 Å². The van der Waals surface area contributed by atoms with Crippen molar-refractivity contribution in [3.8, 4) is 5.75 Å². The third-order valence-electron chi connectivity index (χ3n) is 6.24. The SMILES string of the molecule is COc1cccc(CO[C@H]2CN(Cc3ccccn3)C(=O)CN(C(=O)c3cccc4nccnc34)C2)c1. The number of pyridine rings is 1. The molecule has 3 heterocycles. The first-order valence-electron chi connectivity index (χ1n) is 12.0. The minimum atomic E-state index is -0.411. The smallest absolute Gasteiger partial charge is 0.256 e. The van der Waals surface area contributed by atoms with Crippen molar-refractivity contribution < 1.29 is 19.1 Å². The van der Waals surface area contributed by atoms with Gasteiger partial charge in [-0.15, -0.1) is 0 Å². The third-order valence-corrected chi connectivity index (χ3v) is 6.24. The van der Waals surface area contributed by atoms with Gasteiger partial charge in [-0.25, -0.2) is 0 Å². The number of hydrogen-bond acceptors (Lipinski definition) is 7. The Morgan fingerprint density at radius 1 is 0.973 bits per heavy atom. The topological polar surface area (TPSA) is 97.8 Å². The minimum Gasteiger partial charge on any atom is -0.497 e. The molecular weight excluding hydrogens is 470 g/mol. The number of ether oxygens (including phenoxy) is 2. The summed E-state index contributed by atoms with van der Waals surface area (Å²) in [5, 5.41) is 0. The first kappa shape index (κ1) is 24.3. The summed E-state index contributed by atoms with van der Waals surface area (Å²) < 4.78 is 11.6. The molecule has 0 aliphatic carbocycles. The standard InChI is InChI=1S/C28H27N5O4/c1-36-22-8-4-6-20(14-22)19-37-23-16-32(15-21-7-2-3-11-29-21)26(34)18-33(17-23)28(35)24-9-5-10-25-27(24)31-13-12-30-25/h2-14,23H,15-19H2,1H3/t23-/m0/s1. The Morgan fingerprint density at radius 3 is 2.68 bits per heavy atom. The van der Waals surface area contributed by atoms with E-state index >= 15 is 0 Å². The molecular formula is C28H27N5O4. The summed E-state index contributed by atoms with van der Waals surface area (Å²) in [4.78, 5) is 43.3. The molecule has 0 saturated carbocycles. The molecule has 2 amide bonds. The van der Waals surface area contributed by atoms with Crippen LogP contribution in [0.4, 0.5) is 0 Å². The fourth-order valence-electron chi connectivity index (χ4n) is 4.39. The molecule has 0 N–H and O–H groups in total. The van der Waals surface area contributed by atoms with Crippen LogP contribution >= 0.6 is 0 Å². The number of benzene rings is 2. The zero-order valence-corrected chi connectivity index (χ0v) is 20.5. The van der Waals surface area contributed by atoms with Gasteiger partial charge in [-0.1, -0.05) is 24.3 Å². The zero-order chi connectivity index (χ0) is 25.6. The molecule has 1 aliphatic rings. The number of amides is 2. The van der Waals surface area contributed by atoms with E-state index in [1.165, 1.54) is 0 Å². The summed E-state index contributed by atoms with van der Waals surface area (Å²) in [6.07, 6.45) is 4.43. The molecule has 9 heteroatoms. The van der Waals surface area contributed by atoms with Crippen LogP contribution < -0.4 is 4.74 Å². The Morgan fingerprint density at radius 2 is 1.84 bits per heavy atom. The van der Waals surface area contributed by atoms with E-state index < -0.39 is 6.10 Å². The van der Waals surface area contributed by atoms with E-state index in [1.807, 2.05) is 42.5 Å². The van der Waals surface area contributed by atoms with Crippen LogP contribution in [0, 0.1) is 0 Å². The molecule has 2 aromatic carbocycles. The molecule has 1 atom stereocenters. The Bertz CT molecular complexity index is 1390. The monoisotopic (exact) mass is 497 g/mol. The number of rotatable bonds is 7. The van der Waals surface area contributed by atoms with Crippen LogP contribution in [0.25, 0.3) is 11.0 Å². The predicted octanol–water partition coefficient (Wildman–Crippen LogP) is 3.10. The molecule has 0 bridgehead atoms. The quantitative estimate of drug-likeness (QED) is 0.387. The number of aromatic nitrogens is 3. The fourth-order valence-corrected chi connectivity index (χ4v) is 4.39. The van der Waals surface area contributed by atoms with E-state index in [9.17, 15) is 9.59 Å². The van der Waals surface area contributed by atoms with Crippen LogP contribution in [-0.4, -0.2) is 69.4 Å². The summed E-state index contributed by atoms with van der Waals surface area (Å²) in [7, 11) is 1.62. The molecule has 1 saturated heterocycles. The minimum absolute atomic E-state index is 0.0681. The Hall–Kier alpha value is -4.37. The number of carbonyl (C=O) groups excluding carboxylic acids is 2. The van der Waals surface area contributed by atoms with Gasteiger partial charge in [0.05, 0.1) is 43.1 Å². The van der Waals surface area contributed by atoms with Crippen molar-refractivity contribution in [2.45, 2.75) is 19.3 Å². The summed E-state index contributed by atoms with van der Waals surface area (Å²) in [6, 6.07) is 18.5. The van der Waals surface area contributed by atoms with Crippen LogP contribution in [0.15, 0.2) is 79.3 Å². The van der Waals surface area contributed by atoms with Gasteiger partial charge in [-0.2, -0.15) is 0 Å². The van der Waals surface area contributed by atoms with Crippen LogP contribution in [0.5, 0.6) is 5.75 Å². The lowest BCUT2D eigenvalue weighted by Gasteiger charge is -2.25. The van der Waals surface area contributed by atoms with Crippen molar-refractivity contribution in [2.24, 2.45) is 0 Å². The van der Waals surface area contributed by atoms with Crippen molar-refractivity contribution in [3.05, 3.63) is 96.1 Å². The Kier molecular flexibility index (Phi) is 7.32. The van der Waals surface area contributed by atoms with Gasteiger partial charge in [-0.05, 0) is 42.0 Å². The average Bonchev–Trinajstić information content (AvgIpc) is 3.10. The van der Waals surface area contributed by atoms with Gasteiger partial charge < -0.3 is 19.3 Å². The molecule has 4 aromatic rings. The lowest BCUT2D eigenvalue weighted by atomic mass is 10.1. The van der Waals surface area contributed by atoms with Crippen molar-refractivity contribution in [2.75, 3.05) is 26.7 Å². The largest absolute Gasteiger partial charge is 0.497 e. The van der Waals surface area contributed by atoms with Crippen LogP contribution in [0.1, 0.15) is 21.6 Å². The Balaban J connectivity index is 1.40. The average molecular weight is 498 g/mol. The highest BCUT2D eigenvalue weighted by molar-refractivity contribution is 6.05. The van der Waals surface area contributed by atoms with Crippen LogP contribution in [0.3, 0.4) is 0 Å². The third kappa shape index (κ3) is 5.73. The Labute approximate surface area is 214 Å². The van der Waals surface area contributed by atoms with Crippen molar-refractivity contribution in [1.82, 2.24) is 24.8 Å². The second-order valence-electron chi connectivity index (χ2n) is 8.80. The van der Waals surface area contributed by atoms with E-state index in [-0.39, 0.29) is 24.9 Å². The highest BCUT2D eigenvalue weighted by Gasteiger charge is 2.32. The predicted molar refractivity (Wildman–Crippen MR) is 137 cm³/mol. The first-order chi connectivity index (χ1) is 18.1. The summed E-state index contributed by atoms with van der Waals surface area (Å²) >= 11 is 0. The molecule has 1 aliphatic heterocycles. The number of nitrogens with zero attached hydrogens (tertiary/aromatic N) is 5. The second-order valence-corrected chi connectivity index (χ2v) is 8.80. The number of fused-ring (bicyclic) bond motifs is 1. The lowest BCUT2D eigenvalue weighted by Crippen LogP contribution is -2.39. The van der Waals surface area contributed by atoms with E-state index in [2.05, 4.69) is 15.0 Å². The molecule has 188 valence electrons. The highest BCUT2D eigenvalue weighted by Crippen LogP contribution is 2.20. The molecule has 0 unspecified atom stereocenters. The van der Waals surface area contributed by atoms with Gasteiger partial charge >= 0.3 is 0 Å². The maximum Gasteiger partial charge on any atom is 0.256 e. The molecule has 0 radical (unpaired) electrons. The second kappa shape index (κ2) is 11.1. The van der Waals surface area contributed by atoms with Crippen molar-refractivity contribution >= 4 is 22.8 Å². The summed E-state index contributed by atoms with van der Waals surface area (Å²) in [5.74, 6) is 0.287. The van der Waals surface area contributed by atoms with Gasteiger partial charge in [0.15, 0.2) is 0 Å². The first-order valence-corrected chi connectivity index (χ1v) is 12.0. The van der Waals surface area contributed by atoms with Gasteiger partial charge in [0.2, 0.25) is 5.91 Å². The highest BCUT2D eigenvalue weighted by atomic mass is 16.5. The number of methoxy groups -OCH3 is 1. The van der Waals surface area contributed by atoms with E-state index in [0.717, 1.165) is 17.0 Å². The lowest BCUT2D eigenvalue weighted by molar-refractivity contribution is -0.132. The number of para-hydroxylation sites is 1. The maximum atomic E-state index is 13.7. The molecule has 1 fully saturated rings. The normalized spacial score (nSPS) is 16.0. The zero-order valence-electron chi connectivity index (χ0n) is 20.5. The van der Waals surface area contributed by atoms with E-state index in [1.54, 1.807) is 53.7 Å². The van der Waals surface area contributed by atoms with Crippen LogP contribution in [0.2, 0.25) is 0 Å². The number of carbonyl (C=O) groups is 2. The molecule has 0 spiro atoms. The number of hydrogen-bond donors (Lipinski definition) is 0. The van der Waals surface area contributed by atoms with Gasteiger partial charge in [-0.3, -0.25) is 24.5 Å². The molecule has 2 aromatic heterocycles. The van der Waals surface area contributed by atoms with Gasteiger partial charge in [0.1, 0.15) is 17.8 Å². The summed E-state index contributed by atoms with van der Waals surface area (Å²) in [5.41, 5.74) is 3.24. The van der Waals surface area contributed by atoms with Gasteiger partial charge in [0, 0.05) is 31.7 Å². The molecule has 37 heavy (non-hydrogen) atoms. The van der Waals surface area contributed by atoms with E-state index in [0.29, 0.717) is 36.3 Å². The van der Waals surface area contributed by atoms with Crippen molar-refractivity contribution in [1.29, 1.82) is 0 Å². The van der Waals surface area contributed by atoms with Crippen molar-refractivity contribution in [3.63, 3.8) is 0 Å². The molecule has 9 nitrogen and oxygen atoms in total. The van der Waals surface area contributed by atoms with E-state index in [4.69, 9.17) is 9.47 Å². The molecule has 5 rings (SSSR count). The maximum absolute atomic E-state index is 13.7. The fraction of sp³-hybridized carbons (Fsp3) is 0.250. The van der Waals surface area contributed by atoms with Gasteiger partial charge in [0.25, 0.3) is 5.91 Å². The summed E-state index contributed by atoms with van der Waals surface area (Å²) in [6.45, 7) is 1.17.